The van der Waals surface area contributed by atoms with Gasteiger partial charge in [-0.2, -0.15) is 0 Å². The third-order valence-electron chi connectivity index (χ3n) is 2.98. The lowest BCUT2D eigenvalue weighted by molar-refractivity contribution is 0.0807. The highest BCUT2D eigenvalue weighted by atomic mass is 16.3. The van der Waals surface area contributed by atoms with E-state index in [1.807, 2.05) is 0 Å². The van der Waals surface area contributed by atoms with Crippen LogP contribution >= 0.6 is 0 Å². The summed E-state index contributed by atoms with van der Waals surface area (Å²) in [5, 5.41) is 12.7. The van der Waals surface area contributed by atoms with Crippen LogP contribution in [0.4, 0.5) is 0 Å². The molecule has 10 heavy (non-hydrogen) atoms. The average molecular weight is 141 g/mol. The van der Waals surface area contributed by atoms with Gasteiger partial charge >= 0.3 is 0 Å². The zero-order valence-electron chi connectivity index (χ0n) is 6.21. The first-order valence-corrected chi connectivity index (χ1v) is 4.26. The molecule has 0 aromatic heterocycles. The molecule has 2 atom stereocenters. The largest absolute Gasteiger partial charge is 0.391 e. The Kier molecular flexibility index (Phi) is 1.66. The van der Waals surface area contributed by atoms with E-state index >= 15 is 0 Å². The molecule has 2 nitrogen and oxygen atoms in total. The number of hydrogen-bond acceptors (Lipinski definition) is 2. The molecule has 2 fully saturated rings. The van der Waals surface area contributed by atoms with Gasteiger partial charge in [-0.05, 0) is 5.92 Å². The average Bonchev–Trinajstić information content (AvgIpc) is 2.12. The SMILES string of the molecule is O[C@@H]1CNC[C@H]1C1CCC1. The van der Waals surface area contributed by atoms with Crippen molar-refractivity contribution >= 4 is 0 Å². The summed E-state index contributed by atoms with van der Waals surface area (Å²) in [5.41, 5.74) is 0. The van der Waals surface area contributed by atoms with Gasteiger partial charge in [0.15, 0.2) is 0 Å². The molecule has 1 aliphatic carbocycles. The molecule has 2 N–H and O–H groups in total. The highest BCUT2D eigenvalue weighted by Crippen LogP contribution is 2.36. The first-order valence-electron chi connectivity index (χ1n) is 4.26. The molecule has 0 spiro atoms. The first-order chi connectivity index (χ1) is 4.88. The van der Waals surface area contributed by atoms with Crippen LogP contribution in [0, 0.1) is 11.8 Å². The van der Waals surface area contributed by atoms with E-state index in [-0.39, 0.29) is 6.10 Å². The summed E-state index contributed by atoms with van der Waals surface area (Å²) >= 11 is 0. The molecule has 0 aromatic carbocycles. The predicted molar refractivity (Wildman–Crippen MR) is 39.7 cm³/mol. The molecular formula is C8H15NO. The third-order valence-corrected chi connectivity index (χ3v) is 2.98. The van der Waals surface area contributed by atoms with Crippen LogP contribution in [0.2, 0.25) is 0 Å². The van der Waals surface area contributed by atoms with Crippen molar-refractivity contribution in [1.29, 1.82) is 0 Å². The molecular weight excluding hydrogens is 126 g/mol. The van der Waals surface area contributed by atoms with Gasteiger partial charge in [-0.1, -0.05) is 19.3 Å². The molecule has 58 valence electrons. The number of rotatable bonds is 1. The first kappa shape index (κ1) is 6.62. The predicted octanol–water partition coefficient (Wildman–Crippen LogP) is 0.367. The molecule has 0 radical (unpaired) electrons. The summed E-state index contributed by atoms with van der Waals surface area (Å²) in [7, 11) is 0. The molecule has 1 heterocycles. The standard InChI is InChI=1S/C8H15NO/c10-8-5-9-4-7(8)6-2-1-3-6/h6-10H,1-5H2/t7-,8+/m0/s1. The molecule has 0 unspecified atom stereocenters. The van der Waals surface area contributed by atoms with E-state index in [0.29, 0.717) is 5.92 Å². The van der Waals surface area contributed by atoms with Gasteiger partial charge in [0.1, 0.15) is 0 Å². The van der Waals surface area contributed by atoms with Gasteiger partial charge in [-0.15, -0.1) is 0 Å². The minimum atomic E-state index is -0.0506. The van der Waals surface area contributed by atoms with Crippen molar-refractivity contribution in [1.82, 2.24) is 5.32 Å². The van der Waals surface area contributed by atoms with Gasteiger partial charge in [-0.25, -0.2) is 0 Å². The van der Waals surface area contributed by atoms with Crippen LogP contribution in [0.15, 0.2) is 0 Å². The van der Waals surface area contributed by atoms with E-state index in [1.54, 1.807) is 0 Å². The Morgan fingerprint density at radius 3 is 2.40 bits per heavy atom. The highest BCUT2D eigenvalue weighted by Gasteiger charge is 2.35. The topological polar surface area (TPSA) is 32.3 Å². The van der Waals surface area contributed by atoms with Gasteiger partial charge in [0.05, 0.1) is 6.10 Å². The molecule has 2 heteroatoms. The van der Waals surface area contributed by atoms with E-state index in [4.69, 9.17) is 0 Å². The Labute approximate surface area is 61.6 Å². The van der Waals surface area contributed by atoms with Crippen molar-refractivity contribution in [2.75, 3.05) is 13.1 Å². The fourth-order valence-electron chi connectivity index (χ4n) is 2.03. The van der Waals surface area contributed by atoms with Gasteiger partial charge < -0.3 is 10.4 Å². The van der Waals surface area contributed by atoms with Crippen molar-refractivity contribution in [3.05, 3.63) is 0 Å². The van der Waals surface area contributed by atoms with Crippen molar-refractivity contribution in [3.63, 3.8) is 0 Å². The molecule has 1 aliphatic heterocycles. The zero-order chi connectivity index (χ0) is 6.97. The van der Waals surface area contributed by atoms with E-state index < -0.39 is 0 Å². The quantitative estimate of drug-likeness (QED) is 0.553. The van der Waals surface area contributed by atoms with Crippen molar-refractivity contribution in [2.45, 2.75) is 25.4 Å². The molecule has 2 rings (SSSR count). The van der Waals surface area contributed by atoms with Crippen molar-refractivity contribution in [2.24, 2.45) is 11.8 Å². The second-order valence-corrected chi connectivity index (χ2v) is 3.58. The minimum absolute atomic E-state index is 0.0506. The number of β-amino-alcohol motifs (C(OH)–C–C–N with tert-alkyl or cyclic N) is 1. The summed E-state index contributed by atoms with van der Waals surface area (Å²) in [4.78, 5) is 0. The maximum atomic E-state index is 9.46. The fourth-order valence-corrected chi connectivity index (χ4v) is 2.03. The van der Waals surface area contributed by atoms with Crippen LogP contribution < -0.4 is 5.32 Å². The smallest absolute Gasteiger partial charge is 0.0707 e. The van der Waals surface area contributed by atoms with Gasteiger partial charge in [-0.3, -0.25) is 0 Å². The van der Waals surface area contributed by atoms with E-state index in [0.717, 1.165) is 19.0 Å². The van der Waals surface area contributed by atoms with Crippen molar-refractivity contribution in [3.8, 4) is 0 Å². The molecule has 1 saturated heterocycles. The van der Waals surface area contributed by atoms with Crippen LogP contribution in [-0.4, -0.2) is 24.3 Å². The monoisotopic (exact) mass is 141 g/mol. The van der Waals surface area contributed by atoms with Crippen LogP contribution in [0.3, 0.4) is 0 Å². The van der Waals surface area contributed by atoms with Gasteiger partial charge in [0.25, 0.3) is 0 Å². The van der Waals surface area contributed by atoms with E-state index in [2.05, 4.69) is 5.32 Å². The normalized spacial score (nSPS) is 41.7. The lowest BCUT2D eigenvalue weighted by Crippen LogP contribution is -2.30. The Bertz CT molecular complexity index is 122. The van der Waals surface area contributed by atoms with Crippen LogP contribution in [0.1, 0.15) is 19.3 Å². The summed E-state index contributed by atoms with van der Waals surface area (Å²) in [6.07, 6.45) is 4.03. The van der Waals surface area contributed by atoms with Gasteiger partial charge in [0.2, 0.25) is 0 Å². The second kappa shape index (κ2) is 2.51. The van der Waals surface area contributed by atoms with E-state index in [1.165, 1.54) is 19.3 Å². The summed E-state index contributed by atoms with van der Waals surface area (Å²) in [6.45, 7) is 1.87. The number of aliphatic hydroxyl groups excluding tert-OH is 1. The molecule has 0 bridgehead atoms. The molecule has 2 aliphatic rings. The maximum Gasteiger partial charge on any atom is 0.0707 e. The number of hydrogen-bond donors (Lipinski definition) is 2. The maximum absolute atomic E-state index is 9.46. The Balaban J connectivity index is 1.90. The third kappa shape index (κ3) is 0.956. The van der Waals surface area contributed by atoms with Crippen LogP contribution in [-0.2, 0) is 0 Å². The lowest BCUT2D eigenvalue weighted by Gasteiger charge is -2.32. The Morgan fingerprint density at radius 1 is 1.20 bits per heavy atom. The molecule has 1 saturated carbocycles. The van der Waals surface area contributed by atoms with Crippen LogP contribution in [0.25, 0.3) is 0 Å². The van der Waals surface area contributed by atoms with Gasteiger partial charge in [0, 0.05) is 19.0 Å². The number of nitrogens with one attached hydrogen (secondary N) is 1. The van der Waals surface area contributed by atoms with Crippen LogP contribution in [0.5, 0.6) is 0 Å². The fraction of sp³-hybridized carbons (Fsp3) is 1.00. The Hall–Kier alpha value is -0.0800. The minimum Gasteiger partial charge on any atom is -0.391 e. The second-order valence-electron chi connectivity index (χ2n) is 3.58. The summed E-state index contributed by atoms with van der Waals surface area (Å²) in [5.74, 6) is 1.42. The molecule has 0 amide bonds. The highest BCUT2D eigenvalue weighted by molar-refractivity contribution is 4.88. The van der Waals surface area contributed by atoms with Crippen molar-refractivity contribution < 1.29 is 5.11 Å². The molecule has 0 aromatic rings. The summed E-state index contributed by atoms with van der Waals surface area (Å²) in [6, 6.07) is 0. The van der Waals surface area contributed by atoms with E-state index in [9.17, 15) is 5.11 Å². The lowest BCUT2D eigenvalue weighted by atomic mass is 9.75. The summed E-state index contributed by atoms with van der Waals surface area (Å²) < 4.78 is 0. The zero-order valence-corrected chi connectivity index (χ0v) is 6.21. The Morgan fingerprint density at radius 2 is 2.00 bits per heavy atom. The number of aliphatic hydroxyl groups is 1.